The molecule has 2 aromatic heterocycles. The fourth-order valence-corrected chi connectivity index (χ4v) is 2.85. The van der Waals surface area contributed by atoms with Gasteiger partial charge in [-0.3, -0.25) is 9.69 Å². The van der Waals surface area contributed by atoms with Crippen molar-refractivity contribution in [3.05, 3.63) is 47.8 Å². The van der Waals surface area contributed by atoms with Gasteiger partial charge in [-0.15, -0.1) is 0 Å². The summed E-state index contributed by atoms with van der Waals surface area (Å²) in [5.74, 6) is 0.763. The molecule has 2 aromatic rings. The Morgan fingerprint density at radius 2 is 2.30 bits per heavy atom. The average molecular weight is 310 g/mol. The van der Waals surface area contributed by atoms with Gasteiger partial charge in [0.1, 0.15) is 17.6 Å². The molecule has 0 aliphatic carbocycles. The van der Waals surface area contributed by atoms with Crippen molar-refractivity contribution in [2.75, 3.05) is 26.2 Å². The molecule has 1 atom stereocenters. The molecule has 1 N–H and O–H groups in total. The number of rotatable bonds is 3. The van der Waals surface area contributed by atoms with Crippen molar-refractivity contribution in [2.24, 2.45) is 0 Å². The van der Waals surface area contributed by atoms with Gasteiger partial charge in [0.2, 0.25) is 0 Å². The molecule has 1 aliphatic rings. The minimum Gasteiger partial charge on any atom is -0.347 e. The third kappa shape index (κ3) is 3.07. The quantitative estimate of drug-likeness (QED) is 0.920. The highest BCUT2D eigenvalue weighted by Gasteiger charge is 2.31. The molecule has 0 saturated carbocycles. The topological polar surface area (TPSA) is 88.9 Å². The fraction of sp³-hybridized carbons (Fsp3) is 0.375. The average Bonchev–Trinajstić information content (AvgIpc) is 3.15. The monoisotopic (exact) mass is 310 g/mol. The highest BCUT2D eigenvalue weighted by atomic mass is 16.2. The van der Waals surface area contributed by atoms with Crippen LogP contribution in [0.15, 0.2) is 30.7 Å². The second-order valence-electron chi connectivity index (χ2n) is 5.41. The first-order valence-electron chi connectivity index (χ1n) is 7.61. The summed E-state index contributed by atoms with van der Waals surface area (Å²) in [5.41, 5.74) is 0.818. The molecule has 1 fully saturated rings. The minimum atomic E-state index is -0.109. The van der Waals surface area contributed by atoms with Gasteiger partial charge in [-0.25, -0.2) is 9.97 Å². The van der Waals surface area contributed by atoms with Crippen molar-refractivity contribution in [3.8, 4) is 6.07 Å². The lowest BCUT2D eigenvalue weighted by Gasteiger charge is -2.39. The van der Waals surface area contributed by atoms with Crippen LogP contribution in [0.5, 0.6) is 0 Å². The zero-order valence-electron chi connectivity index (χ0n) is 12.9. The molecule has 23 heavy (non-hydrogen) atoms. The first kappa shape index (κ1) is 15.2. The van der Waals surface area contributed by atoms with Crippen molar-refractivity contribution in [2.45, 2.75) is 13.0 Å². The SMILES string of the molecule is CCN1CCN(C(=O)c2ccc(C#N)cn2)CC1c1ncc[nH]1. The van der Waals surface area contributed by atoms with Gasteiger partial charge >= 0.3 is 0 Å². The number of piperazine rings is 1. The summed E-state index contributed by atoms with van der Waals surface area (Å²) in [7, 11) is 0. The molecule has 0 radical (unpaired) electrons. The molecule has 1 aliphatic heterocycles. The van der Waals surface area contributed by atoms with Gasteiger partial charge in [-0.2, -0.15) is 5.26 Å². The van der Waals surface area contributed by atoms with E-state index in [1.165, 1.54) is 6.20 Å². The van der Waals surface area contributed by atoms with Gasteiger partial charge in [-0.1, -0.05) is 6.92 Å². The Morgan fingerprint density at radius 3 is 2.91 bits per heavy atom. The van der Waals surface area contributed by atoms with Crippen LogP contribution in [0.4, 0.5) is 0 Å². The number of amides is 1. The number of imidazole rings is 1. The predicted molar refractivity (Wildman–Crippen MR) is 83.4 cm³/mol. The highest BCUT2D eigenvalue weighted by Crippen LogP contribution is 2.23. The molecular weight excluding hydrogens is 292 g/mol. The number of carbonyl (C=O) groups excluding carboxylic acids is 1. The molecule has 118 valence electrons. The van der Waals surface area contributed by atoms with Crippen LogP contribution in [-0.2, 0) is 0 Å². The van der Waals surface area contributed by atoms with Gasteiger partial charge in [0.05, 0.1) is 11.6 Å². The molecule has 1 saturated heterocycles. The molecule has 0 aromatic carbocycles. The molecule has 0 spiro atoms. The second kappa shape index (κ2) is 6.58. The van der Waals surface area contributed by atoms with Gasteiger partial charge in [0, 0.05) is 38.2 Å². The number of aromatic nitrogens is 3. The Bertz CT molecular complexity index is 703. The summed E-state index contributed by atoms with van der Waals surface area (Å²) in [6.45, 7) is 5.04. The highest BCUT2D eigenvalue weighted by molar-refractivity contribution is 5.92. The number of hydrogen-bond acceptors (Lipinski definition) is 5. The van der Waals surface area contributed by atoms with Crippen molar-refractivity contribution >= 4 is 5.91 Å². The molecule has 1 unspecified atom stereocenters. The van der Waals surface area contributed by atoms with E-state index in [1.54, 1.807) is 29.4 Å². The van der Waals surface area contributed by atoms with Crippen molar-refractivity contribution in [1.82, 2.24) is 24.8 Å². The maximum Gasteiger partial charge on any atom is 0.272 e. The Hall–Kier alpha value is -2.72. The minimum absolute atomic E-state index is 0.0612. The van der Waals surface area contributed by atoms with Gasteiger partial charge in [0.25, 0.3) is 5.91 Å². The first-order chi connectivity index (χ1) is 11.2. The molecule has 0 bridgehead atoms. The molecular formula is C16H18N6O. The van der Waals surface area contributed by atoms with E-state index in [1.807, 2.05) is 6.07 Å². The van der Waals surface area contributed by atoms with Gasteiger partial charge < -0.3 is 9.88 Å². The van der Waals surface area contributed by atoms with Crippen LogP contribution in [0.1, 0.15) is 34.8 Å². The van der Waals surface area contributed by atoms with E-state index in [9.17, 15) is 4.79 Å². The van der Waals surface area contributed by atoms with E-state index in [2.05, 4.69) is 26.8 Å². The number of nitriles is 1. The summed E-state index contributed by atoms with van der Waals surface area (Å²) in [4.78, 5) is 28.3. The Balaban J connectivity index is 1.77. The standard InChI is InChI=1S/C16H18N6O/c1-2-21-7-8-22(11-14(21)15-18-5-6-19-15)16(23)13-4-3-12(9-17)10-20-13/h3-6,10,14H,2,7-8,11H2,1H3,(H,18,19). The van der Waals surface area contributed by atoms with Crippen molar-refractivity contribution < 1.29 is 4.79 Å². The lowest BCUT2D eigenvalue weighted by molar-refractivity contribution is 0.0475. The third-order valence-corrected chi connectivity index (χ3v) is 4.13. The predicted octanol–water partition coefficient (Wildman–Crippen LogP) is 1.20. The van der Waals surface area contributed by atoms with Crippen LogP contribution >= 0.6 is 0 Å². The number of nitrogens with zero attached hydrogens (tertiary/aromatic N) is 5. The molecule has 1 amide bonds. The lowest BCUT2D eigenvalue weighted by Crippen LogP contribution is -2.50. The van der Waals surface area contributed by atoms with Crippen LogP contribution in [0.25, 0.3) is 0 Å². The number of aromatic amines is 1. The Labute approximate surface area is 134 Å². The zero-order valence-corrected chi connectivity index (χ0v) is 12.9. The number of carbonyl (C=O) groups is 1. The van der Waals surface area contributed by atoms with Crippen LogP contribution in [-0.4, -0.2) is 56.8 Å². The molecule has 7 heteroatoms. The summed E-state index contributed by atoms with van der Waals surface area (Å²) in [6, 6.07) is 5.29. The van der Waals surface area contributed by atoms with Crippen molar-refractivity contribution in [3.63, 3.8) is 0 Å². The van der Waals surface area contributed by atoms with E-state index in [4.69, 9.17) is 5.26 Å². The fourth-order valence-electron chi connectivity index (χ4n) is 2.85. The summed E-state index contributed by atoms with van der Waals surface area (Å²) >= 11 is 0. The van der Waals surface area contributed by atoms with E-state index >= 15 is 0 Å². The van der Waals surface area contributed by atoms with Crippen molar-refractivity contribution in [1.29, 1.82) is 5.26 Å². The number of hydrogen-bond donors (Lipinski definition) is 1. The van der Waals surface area contributed by atoms with Gasteiger partial charge in [0.15, 0.2) is 0 Å². The molecule has 3 heterocycles. The lowest BCUT2D eigenvalue weighted by atomic mass is 10.1. The number of pyridine rings is 1. The van der Waals surface area contributed by atoms with E-state index in [0.717, 1.165) is 18.9 Å². The maximum atomic E-state index is 12.6. The first-order valence-corrected chi connectivity index (χ1v) is 7.61. The van der Waals surface area contributed by atoms with Gasteiger partial charge in [-0.05, 0) is 18.7 Å². The van der Waals surface area contributed by atoms with Crippen LogP contribution in [0.3, 0.4) is 0 Å². The van der Waals surface area contributed by atoms with Crippen LogP contribution < -0.4 is 0 Å². The number of likely N-dealkylation sites (N-methyl/N-ethyl adjacent to an activating group) is 1. The van der Waals surface area contributed by atoms with E-state index < -0.39 is 0 Å². The smallest absolute Gasteiger partial charge is 0.272 e. The Morgan fingerprint density at radius 1 is 1.43 bits per heavy atom. The summed E-state index contributed by atoms with van der Waals surface area (Å²) in [6.07, 6.45) is 4.96. The Kier molecular flexibility index (Phi) is 4.35. The third-order valence-electron chi connectivity index (χ3n) is 4.13. The zero-order chi connectivity index (χ0) is 16.2. The van der Waals surface area contributed by atoms with Crippen LogP contribution in [0, 0.1) is 11.3 Å². The normalized spacial score (nSPS) is 18.6. The summed E-state index contributed by atoms with van der Waals surface area (Å²) in [5, 5.41) is 8.81. The summed E-state index contributed by atoms with van der Waals surface area (Å²) < 4.78 is 0. The largest absolute Gasteiger partial charge is 0.347 e. The van der Waals surface area contributed by atoms with E-state index in [-0.39, 0.29) is 11.9 Å². The van der Waals surface area contributed by atoms with E-state index in [0.29, 0.717) is 24.3 Å². The van der Waals surface area contributed by atoms with Crippen LogP contribution in [0.2, 0.25) is 0 Å². The number of nitrogens with one attached hydrogen (secondary N) is 1. The second-order valence-corrected chi connectivity index (χ2v) is 5.41. The molecule has 7 nitrogen and oxygen atoms in total. The number of H-pyrrole nitrogens is 1. The maximum absolute atomic E-state index is 12.6. The molecule has 3 rings (SSSR count).